The molecule has 0 atom stereocenters. The third kappa shape index (κ3) is 2.42. The lowest BCUT2D eigenvalue weighted by Crippen LogP contribution is -2.07. The van der Waals surface area contributed by atoms with E-state index in [-0.39, 0.29) is 11.5 Å². The van der Waals surface area contributed by atoms with Crippen LogP contribution in [-0.4, -0.2) is 26.5 Å². The summed E-state index contributed by atoms with van der Waals surface area (Å²) < 4.78 is 13.7. The fraction of sp³-hybridized carbons (Fsp3) is 0.333. The third-order valence-electron chi connectivity index (χ3n) is 2.34. The van der Waals surface area contributed by atoms with Crippen LogP contribution in [0.5, 0.6) is 0 Å². The van der Waals surface area contributed by atoms with E-state index < -0.39 is 5.82 Å². The molecule has 0 aliphatic heterocycles. The quantitative estimate of drug-likeness (QED) is 0.900. The van der Waals surface area contributed by atoms with Crippen LogP contribution in [0.2, 0.25) is 0 Å². The molecule has 0 radical (unpaired) electrons. The molecule has 0 fully saturated rings. The molecule has 0 aliphatic carbocycles. The molecule has 0 aliphatic rings. The van der Waals surface area contributed by atoms with Gasteiger partial charge in [0.15, 0.2) is 23.3 Å². The second kappa shape index (κ2) is 5.03. The normalized spacial score (nSPS) is 10.4. The zero-order valence-electron chi connectivity index (χ0n) is 10.5. The Morgan fingerprint density at radius 3 is 2.39 bits per heavy atom. The summed E-state index contributed by atoms with van der Waals surface area (Å²) >= 11 is 0. The summed E-state index contributed by atoms with van der Waals surface area (Å²) in [6.45, 7) is 5.95. The SMILES string of the molecule is CCNc1nc(-c2ncc(C)cn2)nc(C)c1F. The Balaban J connectivity index is 2.48. The monoisotopic (exact) mass is 247 g/mol. The smallest absolute Gasteiger partial charge is 0.200 e. The van der Waals surface area contributed by atoms with Crippen LogP contribution in [0.3, 0.4) is 0 Å². The summed E-state index contributed by atoms with van der Waals surface area (Å²) in [5.74, 6) is 0.463. The number of aryl methyl sites for hydroxylation is 2. The second-order valence-corrected chi connectivity index (χ2v) is 3.91. The van der Waals surface area contributed by atoms with Gasteiger partial charge in [0.2, 0.25) is 0 Å². The van der Waals surface area contributed by atoms with Crippen LogP contribution in [0.4, 0.5) is 10.2 Å². The molecule has 1 N–H and O–H groups in total. The first-order valence-electron chi connectivity index (χ1n) is 5.69. The minimum atomic E-state index is -0.437. The number of rotatable bonds is 3. The highest BCUT2D eigenvalue weighted by Crippen LogP contribution is 2.18. The zero-order valence-corrected chi connectivity index (χ0v) is 10.5. The third-order valence-corrected chi connectivity index (χ3v) is 2.34. The van der Waals surface area contributed by atoms with E-state index in [1.807, 2.05) is 13.8 Å². The summed E-state index contributed by atoms with van der Waals surface area (Å²) in [5.41, 5.74) is 1.23. The molecule has 2 rings (SSSR count). The van der Waals surface area contributed by atoms with Crippen LogP contribution in [0.15, 0.2) is 12.4 Å². The molecule has 0 saturated carbocycles. The van der Waals surface area contributed by atoms with Gasteiger partial charge in [0.1, 0.15) is 0 Å². The number of nitrogens with one attached hydrogen (secondary N) is 1. The van der Waals surface area contributed by atoms with E-state index in [9.17, 15) is 4.39 Å². The van der Waals surface area contributed by atoms with Crippen molar-refractivity contribution < 1.29 is 4.39 Å². The van der Waals surface area contributed by atoms with Crippen molar-refractivity contribution in [3.63, 3.8) is 0 Å². The van der Waals surface area contributed by atoms with E-state index in [0.29, 0.717) is 18.2 Å². The van der Waals surface area contributed by atoms with Gasteiger partial charge in [-0.2, -0.15) is 0 Å². The van der Waals surface area contributed by atoms with E-state index in [4.69, 9.17) is 0 Å². The van der Waals surface area contributed by atoms with E-state index in [2.05, 4.69) is 25.3 Å². The van der Waals surface area contributed by atoms with Crippen LogP contribution in [-0.2, 0) is 0 Å². The van der Waals surface area contributed by atoms with Gasteiger partial charge in [-0.05, 0) is 26.3 Å². The zero-order chi connectivity index (χ0) is 13.1. The highest BCUT2D eigenvalue weighted by Gasteiger charge is 2.13. The average Bonchev–Trinajstić information content (AvgIpc) is 2.36. The summed E-state index contributed by atoms with van der Waals surface area (Å²) in [5, 5.41) is 2.86. The first-order chi connectivity index (χ1) is 8.61. The Hall–Kier alpha value is -2.11. The summed E-state index contributed by atoms with van der Waals surface area (Å²) in [4.78, 5) is 16.4. The molecule has 94 valence electrons. The molecule has 0 aromatic carbocycles. The summed E-state index contributed by atoms with van der Waals surface area (Å²) in [6.07, 6.45) is 3.36. The maximum absolute atomic E-state index is 13.7. The predicted octanol–water partition coefficient (Wildman–Crippen LogP) is 2.12. The highest BCUT2D eigenvalue weighted by atomic mass is 19.1. The van der Waals surface area contributed by atoms with Gasteiger partial charge >= 0.3 is 0 Å². The molecular formula is C12H14FN5. The first kappa shape index (κ1) is 12.3. The molecule has 0 amide bonds. The average molecular weight is 247 g/mol. The topological polar surface area (TPSA) is 63.6 Å². The van der Waals surface area contributed by atoms with Gasteiger partial charge in [0.25, 0.3) is 0 Å². The van der Waals surface area contributed by atoms with Crippen LogP contribution in [0.1, 0.15) is 18.2 Å². The van der Waals surface area contributed by atoms with Crippen LogP contribution < -0.4 is 5.32 Å². The number of hydrogen-bond acceptors (Lipinski definition) is 5. The van der Waals surface area contributed by atoms with Gasteiger partial charge < -0.3 is 5.32 Å². The number of nitrogens with zero attached hydrogens (tertiary/aromatic N) is 4. The van der Waals surface area contributed by atoms with Gasteiger partial charge in [-0.3, -0.25) is 0 Å². The Labute approximate surface area is 105 Å². The van der Waals surface area contributed by atoms with E-state index >= 15 is 0 Å². The standard InChI is InChI=1S/C12H14FN5/c1-4-14-10-9(13)8(3)17-12(18-10)11-15-5-7(2)6-16-11/h5-6H,4H2,1-3H3,(H,14,17,18). The molecule has 0 bridgehead atoms. The van der Waals surface area contributed by atoms with E-state index in [0.717, 1.165) is 5.56 Å². The minimum Gasteiger partial charge on any atom is -0.368 e. The van der Waals surface area contributed by atoms with Crippen LogP contribution >= 0.6 is 0 Å². The Bertz CT molecular complexity index is 553. The van der Waals surface area contributed by atoms with Crippen LogP contribution in [0, 0.1) is 19.7 Å². The van der Waals surface area contributed by atoms with E-state index in [1.54, 1.807) is 19.3 Å². The molecular weight excluding hydrogens is 233 g/mol. The van der Waals surface area contributed by atoms with Crippen LogP contribution in [0.25, 0.3) is 11.6 Å². The van der Waals surface area contributed by atoms with Gasteiger partial charge in [-0.15, -0.1) is 0 Å². The molecule has 2 aromatic rings. The lowest BCUT2D eigenvalue weighted by Gasteiger charge is -2.07. The maximum atomic E-state index is 13.7. The van der Waals surface area contributed by atoms with Gasteiger partial charge in [-0.1, -0.05) is 0 Å². The highest BCUT2D eigenvalue weighted by molar-refractivity contribution is 5.49. The van der Waals surface area contributed by atoms with Crippen molar-refractivity contribution in [3.05, 3.63) is 29.5 Å². The number of anilines is 1. The largest absolute Gasteiger partial charge is 0.368 e. The molecule has 2 heterocycles. The molecule has 0 unspecified atom stereocenters. The fourth-order valence-electron chi connectivity index (χ4n) is 1.45. The molecule has 2 aromatic heterocycles. The lowest BCUT2D eigenvalue weighted by molar-refractivity contribution is 0.606. The number of halogens is 1. The maximum Gasteiger partial charge on any atom is 0.200 e. The molecule has 0 saturated heterocycles. The Morgan fingerprint density at radius 1 is 1.11 bits per heavy atom. The molecule has 6 heteroatoms. The van der Waals surface area contributed by atoms with Gasteiger partial charge in [0, 0.05) is 18.9 Å². The molecule has 18 heavy (non-hydrogen) atoms. The fourth-order valence-corrected chi connectivity index (χ4v) is 1.45. The second-order valence-electron chi connectivity index (χ2n) is 3.91. The first-order valence-corrected chi connectivity index (χ1v) is 5.69. The number of aromatic nitrogens is 4. The van der Waals surface area contributed by atoms with Gasteiger partial charge in [-0.25, -0.2) is 24.3 Å². The summed E-state index contributed by atoms with van der Waals surface area (Å²) in [6, 6.07) is 0. The van der Waals surface area contributed by atoms with Crippen molar-refractivity contribution >= 4 is 5.82 Å². The predicted molar refractivity (Wildman–Crippen MR) is 66.7 cm³/mol. The number of hydrogen-bond donors (Lipinski definition) is 1. The summed E-state index contributed by atoms with van der Waals surface area (Å²) in [7, 11) is 0. The van der Waals surface area contributed by atoms with Crippen molar-refractivity contribution in [2.24, 2.45) is 0 Å². The minimum absolute atomic E-state index is 0.184. The van der Waals surface area contributed by atoms with Crippen molar-refractivity contribution in [1.29, 1.82) is 0 Å². The van der Waals surface area contributed by atoms with Gasteiger partial charge in [0.05, 0.1) is 5.69 Å². The Morgan fingerprint density at radius 2 is 1.78 bits per heavy atom. The molecule has 5 nitrogen and oxygen atoms in total. The van der Waals surface area contributed by atoms with Crippen molar-refractivity contribution in [3.8, 4) is 11.6 Å². The Kier molecular flexibility index (Phi) is 3.45. The van der Waals surface area contributed by atoms with Crippen molar-refractivity contribution in [2.45, 2.75) is 20.8 Å². The van der Waals surface area contributed by atoms with Crippen molar-refractivity contribution in [2.75, 3.05) is 11.9 Å². The van der Waals surface area contributed by atoms with E-state index in [1.165, 1.54) is 0 Å². The lowest BCUT2D eigenvalue weighted by atomic mass is 10.3. The molecule has 0 spiro atoms. The van der Waals surface area contributed by atoms with Crippen molar-refractivity contribution in [1.82, 2.24) is 19.9 Å².